The summed E-state index contributed by atoms with van der Waals surface area (Å²) in [6.45, 7) is 2.18. The maximum absolute atomic E-state index is 6.18. The molecule has 3 heteroatoms. The number of aryl methyl sites for hydroxylation is 1. The predicted molar refractivity (Wildman–Crippen MR) is 96.9 cm³/mol. The van der Waals surface area contributed by atoms with Crippen molar-refractivity contribution < 1.29 is 9.57 Å². The summed E-state index contributed by atoms with van der Waals surface area (Å²) in [6.07, 6.45) is 4.56. The highest BCUT2D eigenvalue weighted by molar-refractivity contribution is 5.85. The summed E-state index contributed by atoms with van der Waals surface area (Å²) in [4.78, 5) is 5.52. The first kappa shape index (κ1) is 16.7. The minimum Gasteiger partial charge on any atom is -0.363 e. The van der Waals surface area contributed by atoms with Gasteiger partial charge in [-0.15, -0.1) is 0 Å². The molecule has 3 nitrogen and oxygen atoms in total. The van der Waals surface area contributed by atoms with Gasteiger partial charge in [0, 0.05) is 0 Å². The molecule has 126 valence electrons. The van der Waals surface area contributed by atoms with Crippen LogP contribution in [0.1, 0.15) is 49.8 Å². The molecule has 0 N–H and O–H groups in total. The molecule has 0 bridgehead atoms. The van der Waals surface area contributed by atoms with Crippen LogP contribution >= 0.6 is 0 Å². The van der Waals surface area contributed by atoms with Crippen molar-refractivity contribution in [2.75, 3.05) is 0 Å². The van der Waals surface area contributed by atoms with Crippen LogP contribution in [-0.4, -0.2) is 12.0 Å². The third kappa shape index (κ3) is 4.68. The Bertz CT molecular complexity index is 639. The van der Waals surface area contributed by atoms with Gasteiger partial charge in [-0.25, -0.2) is 0 Å². The summed E-state index contributed by atoms with van der Waals surface area (Å²) in [5, 5.41) is 4.23. The van der Waals surface area contributed by atoms with E-state index in [1.165, 1.54) is 11.1 Å². The van der Waals surface area contributed by atoms with E-state index in [2.05, 4.69) is 60.6 Å². The van der Waals surface area contributed by atoms with Crippen LogP contribution in [0.2, 0.25) is 0 Å². The second kappa shape index (κ2) is 8.65. The zero-order chi connectivity index (χ0) is 16.6. The zero-order valence-corrected chi connectivity index (χ0v) is 14.2. The van der Waals surface area contributed by atoms with Crippen LogP contribution in [0.5, 0.6) is 0 Å². The lowest BCUT2D eigenvalue weighted by Crippen LogP contribution is -2.17. The molecule has 0 saturated heterocycles. The molecule has 0 aliphatic carbocycles. The van der Waals surface area contributed by atoms with Gasteiger partial charge in [-0.1, -0.05) is 79.2 Å². The van der Waals surface area contributed by atoms with Crippen molar-refractivity contribution >= 4 is 5.71 Å². The Labute approximate surface area is 144 Å². The van der Waals surface area contributed by atoms with Crippen LogP contribution in [0.15, 0.2) is 65.8 Å². The van der Waals surface area contributed by atoms with Crippen molar-refractivity contribution in [3.63, 3.8) is 0 Å². The fourth-order valence-electron chi connectivity index (χ4n) is 2.98. The molecule has 0 amide bonds. The second-order valence-electron chi connectivity index (χ2n) is 6.21. The number of hydrogen-bond acceptors (Lipinski definition) is 3. The molecule has 2 aromatic rings. The van der Waals surface area contributed by atoms with Crippen LogP contribution < -0.4 is 0 Å². The summed E-state index contributed by atoms with van der Waals surface area (Å²) >= 11 is 0. The number of benzene rings is 2. The normalized spacial score (nSPS) is 18.0. The Morgan fingerprint density at radius 2 is 1.75 bits per heavy atom. The van der Waals surface area contributed by atoms with Crippen LogP contribution in [0.4, 0.5) is 0 Å². The van der Waals surface area contributed by atoms with Gasteiger partial charge >= 0.3 is 0 Å². The van der Waals surface area contributed by atoms with E-state index in [4.69, 9.17) is 9.57 Å². The zero-order valence-electron chi connectivity index (χ0n) is 14.2. The van der Waals surface area contributed by atoms with Gasteiger partial charge in [-0.2, -0.15) is 0 Å². The summed E-state index contributed by atoms with van der Waals surface area (Å²) in [6, 6.07) is 20.9. The van der Waals surface area contributed by atoms with Gasteiger partial charge in [0.05, 0.1) is 18.2 Å². The monoisotopic (exact) mass is 323 g/mol. The standard InChI is InChI=1S/C21H25NO2/c1-2-9-20(18-12-7-4-8-13-18)23-21-16-19(22-24-21)15-14-17-10-5-3-6-11-17/h3-8,10-13,20-21H,2,9,14-16H2,1H3/t20-,21?/m0/s1. The summed E-state index contributed by atoms with van der Waals surface area (Å²) in [7, 11) is 0. The fraction of sp³-hybridized carbons (Fsp3) is 0.381. The van der Waals surface area contributed by atoms with Crippen LogP contribution in [0, 0.1) is 0 Å². The van der Waals surface area contributed by atoms with Crippen LogP contribution in [0.3, 0.4) is 0 Å². The van der Waals surface area contributed by atoms with Gasteiger partial charge < -0.3 is 9.57 Å². The molecule has 1 aliphatic rings. The number of rotatable bonds is 8. The second-order valence-corrected chi connectivity index (χ2v) is 6.21. The average Bonchev–Trinajstić information content (AvgIpc) is 3.09. The SMILES string of the molecule is CCC[C@H](OC1CC(CCc2ccccc2)=NO1)c1ccccc1. The summed E-state index contributed by atoms with van der Waals surface area (Å²) in [5.74, 6) is 0. The number of hydrogen-bond donors (Lipinski definition) is 0. The molecule has 0 saturated carbocycles. The lowest BCUT2D eigenvalue weighted by Gasteiger charge is -2.20. The van der Waals surface area contributed by atoms with E-state index in [1.54, 1.807) is 0 Å². The molecule has 0 fully saturated rings. The summed E-state index contributed by atoms with van der Waals surface area (Å²) < 4.78 is 6.18. The highest BCUT2D eigenvalue weighted by Crippen LogP contribution is 2.27. The quantitative estimate of drug-likeness (QED) is 0.662. The average molecular weight is 323 g/mol. The van der Waals surface area contributed by atoms with Gasteiger partial charge in [0.15, 0.2) is 0 Å². The molecule has 0 aromatic heterocycles. The van der Waals surface area contributed by atoms with E-state index >= 15 is 0 Å². The highest BCUT2D eigenvalue weighted by atomic mass is 16.8. The van der Waals surface area contributed by atoms with Gasteiger partial charge in [-0.3, -0.25) is 0 Å². The lowest BCUT2D eigenvalue weighted by molar-refractivity contribution is -0.159. The Hall–Kier alpha value is -2.13. The third-order valence-electron chi connectivity index (χ3n) is 4.29. The Morgan fingerprint density at radius 1 is 1.04 bits per heavy atom. The maximum atomic E-state index is 6.18. The topological polar surface area (TPSA) is 30.8 Å². The molecule has 3 rings (SSSR count). The lowest BCUT2D eigenvalue weighted by atomic mass is 10.0. The minimum absolute atomic E-state index is 0.0740. The summed E-state index contributed by atoms with van der Waals surface area (Å²) in [5.41, 5.74) is 3.63. The van der Waals surface area contributed by atoms with Gasteiger partial charge in [0.25, 0.3) is 0 Å². The number of nitrogens with zero attached hydrogens (tertiary/aromatic N) is 1. The van der Waals surface area contributed by atoms with Crippen molar-refractivity contribution in [2.45, 2.75) is 51.4 Å². The van der Waals surface area contributed by atoms with Crippen molar-refractivity contribution in [1.82, 2.24) is 0 Å². The van der Waals surface area contributed by atoms with E-state index in [9.17, 15) is 0 Å². The van der Waals surface area contributed by atoms with E-state index in [1.807, 2.05) is 12.1 Å². The molecule has 1 aliphatic heterocycles. The Balaban J connectivity index is 1.50. The fourth-order valence-corrected chi connectivity index (χ4v) is 2.98. The first-order chi connectivity index (χ1) is 11.8. The number of ether oxygens (including phenoxy) is 1. The van der Waals surface area contributed by atoms with Crippen LogP contribution in [0.25, 0.3) is 0 Å². The predicted octanol–water partition coefficient (Wildman–Crippen LogP) is 5.28. The largest absolute Gasteiger partial charge is 0.363 e. The van der Waals surface area contributed by atoms with Crippen molar-refractivity contribution in [3.05, 3.63) is 71.8 Å². The third-order valence-corrected chi connectivity index (χ3v) is 4.29. The van der Waals surface area contributed by atoms with Gasteiger partial charge in [-0.05, 0) is 30.4 Å². The molecule has 0 spiro atoms. The molecular formula is C21H25NO2. The first-order valence-corrected chi connectivity index (χ1v) is 8.81. The molecule has 24 heavy (non-hydrogen) atoms. The van der Waals surface area contributed by atoms with Crippen LogP contribution in [-0.2, 0) is 16.0 Å². The molecule has 0 radical (unpaired) electrons. The maximum Gasteiger partial charge on any atom is 0.232 e. The van der Waals surface area contributed by atoms with E-state index in [-0.39, 0.29) is 12.4 Å². The van der Waals surface area contributed by atoms with Crippen molar-refractivity contribution in [2.24, 2.45) is 5.16 Å². The molecule has 2 atom stereocenters. The van der Waals surface area contributed by atoms with Crippen molar-refractivity contribution in [3.8, 4) is 0 Å². The molecular weight excluding hydrogens is 298 g/mol. The molecule has 1 heterocycles. The van der Waals surface area contributed by atoms with Gasteiger partial charge in [0.1, 0.15) is 0 Å². The Morgan fingerprint density at radius 3 is 2.46 bits per heavy atom. The highest BCUT2D eigenvalue weighted by Gasteiger charge is 2.25. The Kier molecular flexibility index (Phi) is 6.02. The van der Waals surface area contributed by atoms with E-state index in [0.29, 0.717) is 0 Å². The smallest absolute Gasteiger partial charge is 0.232 e. The number of oxime groups is 1. The van der Waals surface area contributed by atoms with E-state index < -0.39 is 0 Å². The van der Waals surface area contributed by atoms with E-state index in [0.717, 1.165) is 37.8 Å². The first-order valence-electron chi connectivity index (χ1n) is 8.81. The molecule has 1 unspecified atom stereocenters. The minimum atomic E-state index is -0.257. The molecule has 2 aromatic carbocycles. The van der Waals surface area contributed by atoms with Gasteiger partial charge in [0.2, 0.25) is 6.29 Å². The van der Waals surface area contributed by atoms with Crippen molar-refractivity contribution in [1.29, 1.82) is 0 Å².